The minimum absolute atomic E-state index is 0.602. The maximum absolute atomic E-state index is 4.79. The molecule has 2 aromatic heterocycles. The van der Waals surface area contributed by atoms with Crippen molar-refractivity contribution < 1.29 is 0 Å². The molecule has 2 bridgehead atoms. The lowest BCUT2D eigenvalue weighted by Gasteiger charge is -2.57. The molecule has 2 unspecified atom stereocenters. The summed E-state index contributed by atoms with van der Waals surface area (Å²) in [5.41, 5.74) is 3.57. The predicted molar refractivity (Wildman–Crippen MR) is 105 cm³/mol. The van der Waals surface area contributed by atoms with Crippen molar-refractivity contribution in [2.45, 2.75) is 44.1 Å². The molecule has 3 saturated heterocycles. The van der Waals surface area contributed by atoms with Gasteiger partial charge >= 0.3 is 0 Å². The molecule has 5 nitrogen and oxygen atoms in total. The van der Waals surface area contributed by atoms with Gasteiger partial charge in [0.2, 0.25) is 0 Å². The number of aryl methyl sites for hydroxylation is 1. The zero-order valence-corrected chi connectivity index (χ0v) is 17.1. The number of thioether (sulfide) groups is 1. The molecule has 0 aliphatic carbocycles. The SMILES string of the molecule is CSc1nc(C)c(C)c(N2CC3CC(C2)N3Cc2cncc(Br)c2)n1. The van der Waals surface area contributed by atoms with Crippen molar-refractivity contribution in [2.24, 2.45) is 0 Å². The highest BCUT2D eigenvalue weighted by atomic mass is 79.9. The zero-order chi connectivity index (χ0) is 17.6. The molecule has 2 atom stereocenters. The smallest absolute Gasteiger partial charge is 0.189 e. The molecule has 0 radical (unpaired) electrons. The van der Waals surface area contributed by atoms with Crippen LogP contribution in [0.2, 0.25) is 0 Å². The first kappa shape index (κ1) is 17.2. The van der Waals surface area contributed by atoms with E-state index in [1.807, 2.05) is 18.6 Å². The maximum atomic E-state index is 4.79. The third-order valence-corrected chi connectivity index (χ3v) is 6.28. The third kappa shape index (κ3) is 3.29. The molecular formula is C18H22BrN5S. The van der Waals surface area contributed by atoms with Gasteiger partial charge < -0.3 is 4.90 Å². The average molecular weight is 420 g/mol. The highest BCUT2D eigenvalue weighted by molar-refractivity contribution is 9.10. The average Bonchev–Trinajstić information content (AvgIpc) is 2.62. The molecule has 0 saturated carbocycles. The van der Waals surface area contributed by atoms with Gasteiger partial charge in [-0.15, -0.1) is 0 Å². The number of halogens is 1. The van der Waals surface area contributed by atoms with Gasteiger partial charge in [0.1, 0.15) is 5.82 Å². The highest BCUT2D eigenvalue weighted by Gasteiger charge is 2.45. The first-order valence-electron chi connectivity index (χ1n) is 8.54. The number of fused-ring (bicyclic) bond motifs is 2. The number of hydrogen-bond acceptors (Lipinski definition) is 6. The Morgan fingerprint density at radius 1 is 1.20 bits per heavy atom. The fraction of sp³-hybridized carbons (Fsp3) is 0.500. The van der Waals surface area contributed by atoms with Crippen LogP contribution in [-0.2, 0) is 6.54 Å². The van der Waals surface area contributed by atoms with E-state index < -0.39 is 0 Å². The third-order valence-electron chi connectivity index (χ3n) is 5.30. The molecule has 0 N–H and O–H groups in total. The van der Waals surface area contributed by atoms with Crippen LogP contribution in [0.15, 0.2) is 28.1 Å². The van der Waals surface area contributed by atoms with E-state index >= 15 is 0 Å². The van der Waals surface area contributed by atoms with Crippen molar-refractivity contribution in [3.05, 3.63) is 39.8 Å². The van der Waals surface area contributed by atoms with Crippen LogP contribution in [0.3, 0.4) is 0 Å². The minimum atomic E-state index is 0.602. The Hall–Kier alpha value is -1.18. The summed E-state index contributed by atoms with van der Waals surface area (Å²) in [6.07, 6.45) is 7.14. The Labute approximate surface area is 161 Å². The van der Waals surface area contributed by atoms with Gasteiger partial charge in [-0.3, -0.25) is 9.88 Å². The van der Waals surface area contributed by atoms with Crippen LogP contribution in [0.1, 0.15) is 23.2 Å². The van der Waals surface area contributed by atoms with E-state index in [9.17, 15) is 0 Å². The van der Waals surface area contributed by atoms with E-state index in [2.05, 4.69) is 55.6 Å². The Kier molecular flexibility index (Phi) is 4.73. The molecule has 0 spiro atoms. The molecule has 132 valence electrons. The Bertz CT molecular complexity index is 787. The number of rotatable bonds is 4. The normalized spacial score (nSPS) is 22.8. The standard InChI is InChI=1S/C18H22BrN5S/c1-11-12(2)21-18(25-3)22-17(11)23-9-15-5-16(10-23)24(15)8-13-4-14(19)7-20-6-13/h4,6-7,15-16H,5,8-10H2,1-3H3. The number of hydrogen-bond donors (Lipinski definition) is 0. The number of piperidine rings is 1. The molecule has 2 aromatic rings. The van der Waals surface area contributed by atoms with Gasteiger partial charge in [-0.05, 0) is 54.1 Å². The lowest BCUT2D eigenvalue weighted by molar-refractivity contribution is -0.00885. The largest absolute Gasteiger partial charge is 0.353 e. The second-order valence-corrected chi connectivity index (χ2v) is 8.57. The zero-order valence-electron chi connectivity index (χ0n) is 14.7. The molecule has 3 aliphatic rings. The predicted octanol–water partition coefficient (Wildman–Crippen LogP) is 3.44. The van der Waals surface area contributed by atoms with E-state index in [-0.39, 0.29) is 0 Å². The number of pyridine rings is 1. The lowest BCUT2D eigenvalue weighted by Crippen LogP contribution is -2.68. The topological polar surface area (TPSA) is 45.2 Å². The molecule has 5 rings (SSSR count). The van der Waals surface area contributed by atoms with Crippen molar-refractivity contribution in [2.75, 3.05) is 24.2 Å². The maximum Gasteiger partial charge on any atom is 0.189 e. The van der Waals surface area contributed by atoms with E-state index in [0.29, 0.717) is 12.1 Å². The highest BCUT2D eigenvalue weighted by Crippen LogP contribution is 2.36. The number of piperazine rings is 1. The van der Waals surface area contributed by atoms with Crippen LogP contribution >= 0.6 is 27.7 Å². The summed E-state index contributed by atoms with van der Waals surface area (Å²) in [5.74, 6) is 1.12. The lowest BCUT2D eigenvalue weighted by atomic mass is 9.86. The minimum Gasteiger partial charge on any atom is -0.353 e. The van der Waals surface area contributed by atoms with Crippen molar-refractivity contribution in [1.82, 2.24) is 19.9 Å². The summed E-state index contributed by atoms with van der Waals surface area (Å²) in [6.45, 7) is 7.29. The van der Waals surface area contributed by atoms with E-state index in [1.165, 1.54) is 17.5 Å². The number of nitrogens with zero attached hydrogens (tertiary/aromatic N) is 5. The summed E-state index contributed by atoms with van der Waals surface area (Å²) >= 11 is 5.13. The van der Waals surface area contributed by atoms with E-state index in [0.717, 1.165) is 40.8 Å². The summed E-state index contributed by atoms with van der Waals surface area (Å²) in [5, 5.41) is 0.870. The molecule has 3 aliphatic heterocycles. The fourth-order valence-electron chi connectivity index (χ4n) is 3.86. The van der Waals surface area contributed by atoms with Crippen molar-refractivity contribution in [1.29, 1.82) is 0 Å². The van der Waals surface area contributed by atoms with Gasteiger partial charge in [0.25, 0.3) is 0 Å². The van der Waals surface area contributed by atoms with Crippen LogP contribution in [-0.4, -0.2) is 51.3 Å². The van der Waals surface area contributed by atoms with Crippen LogP contribution in [0, 0.1) is 13.8 Å². The van der Waals surface area contributed by atoms with Crippen LogP contribution in [0.5, 0.6) is 0 Å². The van der Waals surface area contributed by atoms with Gasteiger partial charge in [0, 0.05) is 59.8 Å². The fourth-order valence-corrected chi connectivity index (χ4v) is 4.68. The van der Waals surface area contributed by atoms with Crippen molar-refractivity contribution in [3.8, 4) is 0 Å². The van der Waals surface area contributed by atoms with Gasteiger partial charge in [-0.2, -0.15) is 0 Å². The van der Waals surface area contributed by atoms with Crippen LogP contribution in [0.4, 0.5) is 5.82 Å². The molecule has 0 aromatic carbocycles. The van der Waals surface area contributed by atoms with Gasteiger partial charge in [-0.25, -0.2) is 9.97 Å². The molecule has 0 amide bonds. The van der Waals surface area contributed by atoms with Crippen molar-refractivity contribution >= 4 is 33.5 Å². The summed E-state index contributed by atoms with van der Waals surface area (Å²) in [4.78, 5) is 18.7. The van der Waals surface area contributed by atoms with Crippen molar-refractivity contribution in [3.63, 3.8) is 0 Å². The number of anilines is 1. The molecule has 25 heavy (non-hydrogen) atoms. The second-order valence-electron chi connectivity index (χ2n) is 6.88. The number of aromatic nitrogens is 3. The molecular weight excluding hydrogens is 398 g/mol. The molecule has 3 fully saturated rings. The van der Waals surface area contributed by atoms with Gasteiger partial charge in [0.05, 0.1) is 0 Å². The van der Waals surface area contributed by atoms with E-state index in [1.54, 1.807) is 11.8 Å². The van der Waals surface area contributed by atoms with Crippen LogP contribution < -0.4 is 4.90 Å². The Morgan fingerprint density at radius 2 is 1.96 bits per heavy atom. The summed E-state index contributed by atoms with van der Waals surface area (Å²) < 4.78 is 1.05. The molecule has 7 heteroatoms. The first-order valence-corrected chi connectivity index (χ1v) is 10.6. The quantitative estimate of drug-likeness (QED) is 0.558. The summed E-state index contributed by atoms with van der Waals surface area (Å²) in [6, 6.07) is 3.37. The van der Waals surface area contributed by atoms with E-state index in [4.69, 9.17) is 4.98 Å². The Morgan fingerprint density at radius 3 is 2.64 bits per heavy atom. The monoisotopic (exact) mass is 419 g/mol. The second kappa shape index (κ2) is 6.85. The van der Waals surface area contributed by atoms with Gasteiger partial charge in [-0.1, -0.05) is 11.8 Å². The van der Waals surface area contributed by atoms with Crippen LogP contribution in [0.25, 0.3) is 0 Å². The molecule has 5 heterocycles. The Balaban J connectivity index is 1.49. The first-order chi connectivity index (χ1) is 12.0. The van der Waals surface area contributed by atoms with Gasteiger partial charge in [0.15, 0.2) is 5.16 Å². The summed E-state index contributed by atoms with van der Waals surface area (Å²) in [7, 11) is 0.